The summed E-state index contributed by atoms with van der Waals surface area (Å²) in [6.45, 7) is 5.66. The van der Waals surface area contributed by atoms with Gasteiger partial charge in [0.25, 0.3) is 15.9 Å². The predicted octanol–water partition coefficient (Wildman–Crippen LogP) is 3.55. The molecule has 3 aromatic rings. The third-order valence-electron chi connectivity index (χ3n) is 6.75. The Hall–Kier alpha value is -3.98. The molecule has 0 bridgehead atoms. The number of hydrogen-bond donors (Lipinski definition) is 1. The average Bonchev–Trinajstić information content (AvgIpc) is 3.11. The monoisotopic (exact) mass is 547 g/mol. The topological polar surface area (TPSA) is 104 Å². The van der Waals surface area contributed by atoms with Gasteiger partial charge in [-0.25, -0.2) is 12.7 Å². The minimum atomic E-state index is -4.20. The van der Waals surface area contributed by atoms with E-state index in [2.05, 4.69) is 5.32 Å². The van der Waals surface area contributed by atoms with Gasteiger partial charge in [-0.1, -0.05) is 80.6 Å². The Morgan fingerprint density at radius 3 is 2.23 bits per heavy atom. The van der Waals surface area contributed by atoms with Gasteiger partial charge in [0.05, 0.1) is 5.56 Å². The maximum atomic E-state index is 14.0. The summed E-state index contributed by atoms with van der Waals surface area (Å²) in [5.41, 5.74) is 2.63. The van der Waals surface area contributed by atoms with E-state index in [0.29, 0.717) is 10.8 Å². The summed E-state index contributed by atoms with van der Waals surface area (Å²) in [4.78, 5) is 41.9. The summed E-state index contributed by atoms with van der Waals surface area (Å²) < 4.78 is 27.0. The lowest BCUT2D eigenvalue weighted by Crippen LogP contribution is -2.53. The van der Waals surface area contributed by atoms with Crippen LogP contribution in [0.1, 0.15) is 40.9 Å². The van der Waals surface area contributed by atoms with Gasteiger partial charge < -0.3 is 10.2 Å². The molecule has 9 heteroatoms. The number of nitrogens with one attached hydrogen (secondary N) is 1. The number of sulfonamides is 1. The van der Waals surface area contributed by atoms with Crippen LogP contribution in [-0.2, 0) is 32.6 Å². The van der Waals surface area contributed by atoms with Crippen molar-refractivity contribution in [1.29, 1.82) is 0 Å². The smallest absolute Gasteiger partial charge is 0.269 e. The van der Waals surface area contributed by atoms with E-state index < -0.39 is 34.4 Å². The van der Waals surface area contributed by atoms with E-state index in [4.69, 9.17) is 0 Å². The minimum absolute atomic E-state index is 0.0336. The van der Waals surface area contributed by atoms with Gasteiger partial charge in [0.1, 0.15) is 17.5 Å². The van der Waals surface area contributed by atoms with Gasteiger partial charge in [-0.2, -0.15) is 0 Å². The van der Waals surface area contributed by atoms with Crippen LogP contribution in [0.25, 0.3) is 0 Å². The lowest BCUT2D eigenvalue weighted by atomic mass is 10.0. The van der Waals surface area contributed by atoms with Crippen LogP contribution in [0.5, 0.6) is 0 Å². The van der Waals surface area contributed by atoms with Gasteiger partial charge in [0.2, 0.25) is 11.8 Å². The fraction of sp³-hybridized carbons (Fsp3) is 0.300. The van der Waals surface area contributed by atoms with Crippen LogP contribution in [0.4, 0.5) is 0 Å². The molecule has 0 aromatic heterocycles. The Kier molecular flexibility index (Phi) is 8.50. The highest BCUT2D eigenvalue weighted by Gasteiger charge is 2.43. The van der Waals surface area contributed by atoms with Crippen LogP contribution in [0.2, 0.25) is 0 Å². The van der Waals surface area contributed by atoms with E-state index in [1.807, 2.05) is 75.4 Å². The normalized spacial score (nSPS) is 14.7. The molecule has 4 rings (SSSR count). The molecule has 1 aliphatic rings. The lowest BCUT2D eigenvalue weighted by molar-refractivity contribution is -0.141. The molecule has 39 heavy (non-hydrogen) atoms. The Labute approximate surface area is 229 Å². The van der Waals surface area contributed by atoms with Crippen molar-refractivity contribution in [2.45, 2.75) is 44.7 Å². The summed E-state index contributed by atoms with van der Waals surface area (Å²) in [6, 6.07) is 21.8. The molecule has 0 fully saturated rings. The van der Waals surface area contributed by atoms with Crippen molar-refractivity contribution in [3.63, 3.8) is 0 Å². The Balaban J connectivity index is 1.72. The minimum Gasteiger partial charge on any atom is -0.354 e. The van der Waals surface area contributed by atoms with Crippen LogP contribution in [0.3, 0.4) is 0 Å². The molecule has 204 valence electrons. The molecule has 1 aliphatic heterocycles. The van der Waals surface area contributed by atoms with Gasteiger partial charge in [0.15, 0.2) is 0 Å². The summed E-state index contributed by atoms with van der Waals surface area (Å²) in [6.07, 6.45) is 0.226. The first-order valence-corrected chi connectivity index (χ1v) is 14.3. The quantitative estimate of drug-likeness (QED) is 0.418. The lowest BCUT2D eigenvalue weighted by Gasteiger charge is -2.33. The second-order valence-electron chi connectivity index (χ2n) is 10.1. The molecule has 0 radical (unpaired) electrons. The zero-order chi connectivity index (χ0) is 28.2. The van der Waals surface area contributed by atoms with Gasteiger partial charge >= 0.3 is 0 Å². The third kappa shape index (κ3) is 6.20. The molecule has 0 spiro atoms. The van der Waals surface area contributed by atoms with Crippen molar-refractivity contribution in [2.24, 2.45) is 5.92 Å². The molecular weight excluding hydrogens is 514 g/mol. The van der Waals surface area contributed by atoms with E-state index in [-0.39, 0.29) is 35.2 Å². The van der Waals surface area contributed by atoms with Crippen LogP contribution in [0, 0.1) is 12.8 Å². The van der Waals surface area contributed by atoms with Crippen LogP contribution >= 0.6 is 0 Å². The molecule has 0 saturated heterocycles. The fourth-order valence-electron chi connectivity index (χ4n) is 4.55. The Morgan fingerprint density at radius 2 is 1.56 bits per heavy atom. The summed E-state index contributed by atoms with van der Waals surface area (Å²) in [5.74, 6) is -1.53. The summed E-state index contributed by atoms with van der Waals surface area (Å²) in [5, 5.41) is 2.94. The number of amides is 3. The number of benzene rings is 3. The van der Waals surface area contributed by atoms with E-state index in [0.717, 1.165) is 16.7 Å². The second-order valence-corrected chi connectivity index (χ2v) is 11.9. The van der Waals surface area contributed by atoms with Crippen molar-refractivity contribution in [2.75, 3.05) is 13.1 Å². The average molecular weight is 548 g/mol. The zero-order valence-electron chi connectivity index (χ0n) is 22.3. The number of hydrogen-bond acceptors (Lipinski definition) is 5. The zero-order valence-corrected chi connectivity index (χ0v) is 23.1. The highest BCUT2D eigenvalue weighted by Crippen LogP contribution is 2.30. The molecular formula is C30H33N3O5S. The highest BCUT2D eigenvalue weighted by atomic mass is 32.2. The largest absolute Gasteiger partial charge is 0.354 e. The van der Waals surface area contributed by atoms with E-state index in [9.17, 15) is 22.8 Å². The molecule has 3 aromatic carbocycles. The van der Waals surface area contributed by atoms with Crippen LogP contribution in [0.15, 0.2) is 83.8 Å². The van der Waals surface area contributed by atoms with Gasteiger partial charge in [-0.05, 0) is 41.7 Å². The standard InChI is InChI=1S/C30H33N3O5S/c1-21(2)18-31-29(35)26(17-23-12-5-4-6-13-23)32(19-24-14-8-7-11-22(24)3)28(34)20-33-30(36)25-15-9-10-16-27(25)39(33,37)38/h4-16,21,26H,17-20H2,1-3H3,(H,31,35). The second kappa shape index (κ2) is 11.8. The first kappa shape index (κ1) is 28.0. The molecule has 8 nitrogen and oxygen atoms in total. The molecule has 1 unspecified atom stereocenters. The van der Waals surface area contributed by atoms with Crippen molar-refractivity contribution in [1.82, 2.24) is 14.5 Å². The van der Waals surface area contributed by atoms with Crippen molar-refractivity contribution < 1.29 is 22.8 Å². The summed E-state index contributed by atoms with van der Waals surface area (Å²) >= 11 is 0. The predicted molar refractivity (Wildman–Crippen MR) is 148 cm³/mol. The number of carbonyl (C=O) groups excluding carboxylic acids is 3. The molecule has 0 saturated carbocycles. The van der Waals surface area contributed by atoms with Gasteiger partial charge in [-0.3, -0.25) is 14.4 Å². The molecule has 1 atom stereocenters. The van der Waals surface area contributed by atoms with Crippen molar-refractivity contribution >= 4 is 27.7 Å². The summed E-state index contributed by atoms with van der Waals surface area (Å²) in [7, 11) is -4.20. The first-order valence-electron chi connectivity index (χ1n) is 12.9. The number of nitrogens with zero attached hydrogens (tertiary/aromatic N) is 2. The third-order valence-corrected chi connectivity index (χ3v) is 8.54. The highest BCUT2D eigenvalue weighted by molar-refractivity contribution is 7.90. The SMILES string of the molecule is Cc1ccccc1CN(C(=O)CN1C(=O)c2ccccc2S1(=O)=O)C(Cc1ccccc1)C(=O)NCC(C)C. The van der Waals surface area contributed by atoms with Crippen LogP contribution < -0.4 is 5.32 Å². The van der Waals surface area contributed by atoms with E-state index in [1.165, 1.54) is 23.1 Å². The number of aryl methyl sites for hydroxylation is 1. The molecule has 0 aliphatic carbocycles. The number of rotatable bonds is 10. The number of carbonyl (C=O) groups is 3. The van der Waals surface area contributed by atoms with E-state index in [1.54, 1.807) is 6.07 Å². The Morgan fingerprint density at radius 1 is 0.923 bits per heavy atom. The van der Waals surface area contributed by atoms with Crippen molar-refractivity contribution in [3.05, 3.63) is 101 Å². The molecule has 1 heterocycles. The molecule has 1 N–H and O–H groups in total. The van der Waals surface area contributed by atoms with Gasteiger partial charge in [-0.15, -0.1) is 0 Å². The molecule has 3 amide bonds. The Bertz CT molecular complexity index is 1470. The van der Waals surface area contributed by atoms with Crippen molar-refractivity contribution in [3.8, 4) is 0 Å². The first-order chi connectivity index (χ1) is 18.6. The van der Waals surface area contributed by atoms with Crippen LogP contribution in [-0.4, -0.2) is 54.5 Å². The maximum Gasteiger partial charge on any atom is 0.269 e. The maximum absolute atomic E-state index is 14.0. The fourth-order valence-corrected chi connectivity index (χ4v) is 6.07. The number of fused-ring (bicyclic) bond motifs is 1. The van der Waals surface area contributed by atoms with Gasteiger partial charge in [0, 0.05) is 19.5 Å². The van der Waals surface area contributed by atoms with E-state index >= 15 is 0 Å².